The molecule has 0 fully saturated rings. The maximum atomic E-state index is 13.0. The van der Waals surface area contributed by atoms with Crippen LogP contribution in [0.1, 0.15) is 18.6 Å². The monoisotopic (exact) mass is 226 g/mol. The van der Waals surface area contributed by atoms with Gasteiger partial charge in [-0.25, -0.2) is 22.0 Å². The van der Waals surface area contributed by atoms with Crippen LogP contribution in [-0.4, -0.2) is 7.11 Å². The van der Waals surface area contributed by atoms with Gasteiger partial charge in [0, 0.05) is 7.11 Å². The van der Waals surface area contributed by atoms with Crippen LogP contribution >= 0.6 is 0 Å². The predicted molar refractivity (Wildman–Crippen MR) is 41.7 cm³/mol. The lowest BCUT2D eigenvalue weighted by atomic mass is 10.1. The molecule has 0 N–H and O–H groups in total. The van der Waals surface area contributed by atoms with Gasteiger partial charge in [0.2, 0.25) is 5.82 Å². The third-order valence-electron chi connectivity index (χ3n) is 2.00. The second-order valence-corrected chi connectivity index (χ2v) is 2.86. The molecule has 0 amide bonds. The van der Waals surface area contributed by atoms with Crippen molar-refractivity contribution in [2.24, 2.45) is 0 Å². The molecule has 0 aromatic heterocycles. The van der Waals surface area contributed by atoms with E-state index in [-0.39, 0.29) is 0 Å². The van der Waals surface area contributed by atoms with Crippen molar-refractivity contribution in [1.29, 1.82) is 0 Å². The standard InChI is InChI=1S/C9H7F5O/c1-3(15-2)4-5(10)7(12)9(14)8(13)6(4)11/h3H,1-2H3. The maximum absolute atomic E-state index is 13.0. The first kappa shape index (κ1) is 11.9. The summed E-state index contributed by atoms with van der Waals surface area (Å²) in [6, 6.07) is 0. The molecule has 0 radical (unpaired) electrons. The Labute approximate surface area is 82.5 Å². The largest absolute Gasteiger partial charge is 0.377 e. The molecule has 0 saturated heterocycles. The first-order chi connectivity index (χ1) is 6.91. The molecule has 0 bridgehead atoms. The maximum Gasteiger partial charge on any atom is 0.200 e. The van der Waals surface area contributed by atoms with Crippen LogP contribution in [0.3, 0.4) is 0 Å². The minimum atomic E-state index is -2.17. The van der Waals surface area contributed by atoms with Gasteiger partial charge in [-0.15, -0.1) is 0 Å². The molecule has 84 valence electrons. The lowest BCUT2D eigenvalue weighted by molar-refractivity contribution is 0.110. The molecular weight excluding hydrogens is 219 g/mol. The summed E-state index contributed by atoms with van der Waals surface area (Å²) in [6.07, 6.45) is -1.21. The third kappa shape index (κ3) is 1.81. The Kier molecular flexibility index (Phi) is 3.28. The quantitative estimate of drug-likeness (QED) is 0.427. The Morgan fingerprint density at radius 1 is 0.800 bits per heavy atom. The SMILES string of the molecule is COC(C)c1c(F)c(F)c(F)c(F)c1F. The van der Waals surface area contributed by atoms with Gasteiger partial charge in [0.1, 0.15) is 0 Å². The molecule has 15 heavy (non-hydrogen) atoms. The molecule has 1 unspecified atom stereocenters. The first-order valence-corrected chi connectivity index (χ1v) is 3.95. The van der Waals surface area contributed by atoms with E-state index in [1.807, 2.05) is 0 Å². The molecule has 0 aliphatic heterocycles. The zero-order valence-electron chi connectivity index (χ0n) is 7.88. The fourth-order valence-corrected chi connectivity index (χ4v) is 1.10. The van der Waals surface area contributed by atoms with E-state index in [9.17, 15) is 22.0 Å². The van der Waals surface area contributed by atoms with E-state index in [1.54, 1.807) is 0 Å². The Bertz CT molecular complexity index is 362. The summed E-state index contributed by atoms with van der Waals surface area (Å²) in [6.45, 7) is 1.18. The minimum absolute atomic E-state index is 0.964. The number of methoxy groups -OCH3 is 1. The molecule has 0 aliphatic carbocycles. The van der Waals surface area contributed by atoms with Gasteiger partial charge in [-0.3, -0.25) is 0 Å². The molecule has 0 heterocycles. The number of benzene rings is 1. The summed E-state index contributed by atoms with van der Waals surface area (Å²) in [7, 11) is 1.10. The van der Waals surface area contributed by atoms with E-state index in [2.05, 4.69) is 4.74 Å². The van der Waals surface area contributed by atoms with Crippen LogP contribution in [-0.2, 0) is 4.74 Å². The van der Waals surface area contributed by atoms with Gasteiger partial charge in [0.05, 0.1) is 11.7 Å². The van der Waals surface area contributed by atoms with Crippen molar-refractivity contribution in [3.05, 3.63) is 34.6 Å². The van der Waals surface area contributed by atoms with E-state index in [4.69, 9.17) is 0 Å². The van der Waals surface area contributed by atoms with E-state index >= 15 is 0 Å². The summed E-state index contributed by atoms with van der Waals surface area (Å²) >= 11 is 0. The van der Waals surface area contributed by atoms with Gasteiger partial charge >= 0.3 is 0 Å². The van der Waals surface area contributed by atoms with Gasteiger partial charge in [-0.1, -0.05) is 0 Å². The van der Waals surface area contributed by atoms with Gasteiger partial charge < -0.3 is 4.74 Å². The summed E-state index contributed by atoms with van der Waals surface area (Å²) in [5.74, 6) is -9.82. The van der Waals surface area contributed by atoms with Gasteiger partial charge in [-0.2, -0.15) is 0 Å². The highest BCUT2D eigenvalue weighted by Gasteiger charge is 2.28. The predicted octanol–water partition coefficient (Wildman–Crippen LogP) is 3.09. The van der Waals surface area contributed by atoms with Gasteiger partial charge in [-0.05, 0) is 6.92 Å². The smallest absolute Gasteiger partial charge is 0.200 e. The minimum Gasteiger partial charge on any atom is -0.377 e. The molecular formula is C9H7F5O. The Morgan fingerprint density at radius 3 is 1.47 bits per heavy atom. The third-order valence-corrected chi connectivity index (χ3v) is 2.00. The van der Waals surface area contributed by atoms with E-state index in [0.717, 1.165) is 7.11 Å². The van der Waals surface area contributed by atoms with Crippen LogP contribution in [0.4, 0.5) is 22.0 Å². The Morgan fingerprint density at radius 2 is 1.13 bits per heavy atom. The average Bonchev–Trinajstić information content (AvgIpc) is 2.23. The van der Waals surface area contributed by atoms with Crippen molar-refractivity contribution in [1.82, 2.24) is 0 Å². The normalized spacial score (nSPS) is 13.0. The first-order valence-electron chi connectivity index (χ1n) is 3.95. The van der Waals surface area contributed by atoms with Crippen LogP contribution in [0.15, 0.2) is 0 Å². The molecule has 0 aliphatic rings. The van der Waals surface area contributed by atoms with Gasteiger partial charge in [0.25, 0.3) is 0 Å². The number of rotatable bonds is 2. The van der Waals surface area contributed by atoms with Crippen molar-refractivity contribution >= 4 is 0 Å². The highest BCUT2D eigenvalue weighted by molar-refractivity contribution is 5.25. The summed E-state index contributed by atoms with van der Waals surface area (Å²) in [4.78, 5) is 0. The molecule has 0 saturated carbocycles. The number of halogens is 5. The van der Waals surface area contributed by atoms with Crippen LogP contribution in [0.5, 0.6) is 0 Å². The molecule has 1 nitrogen and oxygen atoms in total. The average molecular weight is 226 g/mol. The van der Waals surface area contributed by atoms with Crippen LogP contribution in [0.25, 0.3) is 0 Å². The highest BCUT2D eigenvalue weighted by Crippen LogP contribution is 2.28. The van der Waals surface area contributed by atoms with Crippen LogP contribution in [0.2, 0.25) is 0 Å². The van der Waals surface area contributed by atoms with Crippen molar-refractivity contribution in [2.75, 3.05) is 7.11 Å². The van der Waals surface area contributed by atoms with Crippen molar-refractivity contribution in [3.63, 3.8) is 0 Å². The molecule has 1 rings (SSSR count). The van der Waals surface area contributed by atoms with E-state index < -0.39 is 40.8 Å². The fraction of sp³-hybridized carbons (Fsp3) is 0.333. The second-order valence-electron chi connectivity index (χ2n) is 2.86. The van der Waals surface area contributed by atoms with E-state index in [1.165, 1.54) is 6.92 Å². The Balaban J connectivity index is 3.52. The highest BCUT2D eigenvalue weighted by atomic mass is 19.2. The molecule has 0 spiro atoms. The molecule has 6 heteroatoms. The number of ether oxygens (including phenoxy) is 1. The van der Waals surface area contributed by atoms with Crippen molar-refractivity contribution in [3.8, 4) is 0 Å². The summed E-state index contributed by atoms with van der Waals surface area (Å²) in [5, 5.41) is 0. The number of hydrogen-bond donors (Lipinski definition) is 0. The fourth-order valence-electron chi connectivity index (χ4n) is 1.10. The molecule has 1 aromatic rings. The second kappa shape index (κ2) is 4.14. The zero-order valence-corrected chi connectivity index (χ0v) is 7.88. The lowest BCUT2D eigenvalue weighted by Crippen LogP contribution is -2.10. The summed E-state index contributed by atoms with van der Waals surface area (Å²) in [5.41, 5.74) is -0.964. The van der Waals surface area contributed by atoms with Gasteiger partial charge in [0.15, 0.2) is 23.3 Å². The van der Waals surface area contributed by atoms with Crippen LogP contribution in [0, 0.1) is 29.1 Å². The van der Waals surface area contributed by atoms with Crippen LogP contribution < -0.4 is 0 Å². The number of hydrogen-bond acceptors (Lipinski definition) is 1. The zero-order chi connectivity index (χ0) is 11.7. The Hall–Kier alpha value is -1.17. The van der Waals surface area contributed by atoms with E-state index in [0.29, 0.717) is 0 Å². The molecule has 1 aromatic carbocycles. The lowest BCUT2D eigenvalue weighted by Gasteiger charge is -2.13. The van der Waals surface area contributed by atoms with Crippen molar-refractivity contribution < 1.29 is 26.7 Å². The summed E-state index contributed by atoms with van der Waals surface area (Å²) < 4.78 is 68.6. The topological polar surface area (TPSA) is 9.23 Å². The van der Waals surface area contributed by atoms with Crippen molar-refractivity contribution in [2.45, 2.75) is 13.0 Å². The molecule has 1 atom stereocenters.